The third-order valence-electron chi connectivity index (χ3n) is 2.95. The van der Waals surface area contributed by atoms with E-state index in [1.165, 1.54) is 4.31 Å². The molecule has 7 heteroatoms. The van der Waals surface area contributed by atoms with Crippen molar-refractivity contribution in [2.75, 3.05) is 39.0 Å². The highest BCUT2D eigenvalue weighted by atomic mass is 32.2. The second kappa shape index (κ2) is 6.49. The first-order chi connectivity index (χ1) is 8.33. The highest BCUT2D eigenvalue weighted by Crippen LogP contribution is 2.08. The Morgan fingerprint density at radius 2 is 2.00 bits per heavy atom. The average molecular weight is 277 g/mol. The van der Waals surface area contributed by atoms with Crippen LogP contribution in [0.4, 0.5) is 0 Å². The van der Waals surface area contributed by atoms with Crippen LogP contribution in [0.5, 0.6) is 0 Å². The molecule has 0 atom stereocenters. The Bertz CT molecular complexity index is 381. The number of carbonyl (C=O) groups excluding carboxylic acids is 1. The number of hydrogen-bond donors (Lipinski definition) is 1. The lowest BCUT2D eigenvalue weighted by molar-refractivity contribution is -0.132. The van der Waals surface area contributed by atoms with E-state index in [4.69, 9.17) is 0 Å². The summed E-state index contributed by atoms with van der Waals surface area (Å²) in [7, 11) is -1.60. The number of likely N-dealkylation sites (N-methyl/N-ethyl adjacent to an activating group) is 1. The van der Waals surface area contributed by atoms with Gasteiger partial charge in [0, 0.05) is 26.2 Å². The molecule has 1 rings (SSSR count). The molecule has 1 heterocycles. The summed E-state index contributed by atoms with van der Waals surface area (Å²) in [6.45, 7) is 5.58. The van der Waals surface area contributed by atoms with Gasteiger partial charge in [-0.3, -0.25) is 4.79 Å². The van der Waals surface area contributed by atoms with Crippen molar-refractivity contribution < 1.29 is 13.2 Å². The first-order valence-corrected chi connectivity index (χ1v) is 7.89. The molecule has 18 heavy (non-hydrogen) atoms. The number of sulfonamides is 1. The minimum Gasteiger partial charge on any atom is -0.343 e. The molecule has 106 valence electrons. The predicted molar refractivity (Wildman–Crippen MR) is 70.8 cm³/mol. The molecule has 1 aliphatic heterocycles. The van der Waals surface area contributed by atoms with Crippen LogP contribution in [0.15, 0.2) is 0 Å². The van der Waals surface area contributed by atoms with Crippen molar-refractivity contribution in [3.05, 3.63) is 0 Å². The fraction of sp³-hybridized carbons (Fsp3) is 0.909. The molecule has 1 N–H and O–H groups in total. The Kier molecular flexibility index (Phi) is 5.55. The van der Waals surface area contributed by atoms with E-state index in [-0.39, 0.29) is 18.2 Å². The van der Waals surface area contributed by atoms with Crippen LogP contribution in [0, 0.1) is 0 Å². The van der Waals surface area contributed by atoms with Crippen molar-refractivity contribution in [2.45, 2.75) is 26.3 Å². The van der Waals surface area contributed by atoms with Crippen molar-refractivity contribution >= 4 is 15.9 Å². The quantitative estimate of drug-likeness (QED) is 0.663. The van der Waals surface area contributed by atoms with E-state index in [1.807, 2.05) is 13.8 Å². The zero-order valence-corrected chi connectivity index (χ0v) is 12.2. The minimum atomic E-state index is -3.29. The van der Waals surface area contributed by atoms with Gasteiger partial charge in [0.05, 0.1) is 12.3 Å². The lowest BCUT2D eigenvalue weighted by atomic mass is 10.4. The van der Waals surface area contributed by atoms with Crippen LogP contribution in [0.25, 0.3) is 0 Å². The number of hydrogen-bond acceptors (Lipinski definition) is 4. The molecule has 0 saturated carbocycles. The number of nitrogens with one attached hydrogen (secondary N) is 1. The zero-order valence-electron chi connectivity index (χ0n) is 11.3. The molecule has 1 saturated heterocycles. The Morgan fingerprint density at radius 1 is 1.33 bits per heavy atom. The van der Waals surface area contributed by atoms with E-state index >= 15 is 0 Å². The van der Waals surface area contributed by atoms with Crippen LogP contribution in [-0.4, -0.2) is 68.6 Å². The molecular formula is C11H23N3O3S. The smallest absolute Gasteiger partial charge is 0.237 e. The molecule has 0 bridgehead atoms. The number of amides is 1. The number of carbonyl (C=O) groups is 1. The molecule has 0 aromatic carbocycles. The molecule has 0 radical (unpaired) electrons. The summed E-state index contributed by atoms with van der Waals surface area (Å²) in [5.74, 6) is -0.0332. The van der Waals surface area contributed by atoms with E-state index < -0.39 is 10.0 Å². The molecule has 6 nitrogen and oxygen atoms in total. The van der Waals surface area contributed by atoms with Gasteiger partial charge in [-0.1, -0.05) is 13.8 Å². The second-order valence-corrected chi connectivity index (χ2v) is 7.02. The lowest BCUT2D eigenvalue weighted by Gasteiger charge is -2.31. The average Bonchev–Trinajstić information content (AvgIpc) is 2.28. The highest BCUT2D eigenvalue weighted by molar-refractivity contribution is 7.89. The monoisotopic (exact) mass is 277 g/mol. The second-order valence-electron chi connectivity index (χ2n) is 4.93. The predicted octanol–water partition coefficient (Wildman–Crippen LogP) is -0.522. The SMILES string of the molecule is CC(C)NCCCS(=O)(=O)N1CCN(C)C(=O)C1. The third-order valence-corrected chi connectivity index (χ3v) is 4.85. The first kappa shape index (κ1) is 15.4. The van der Waals surface area contributed by atoms with Gasteiger partial charge in [-0.2, -0.15) is 4.31 Å². The van der Waals surface area contributed by atoms with Crippen LogP contribution in [0.3, 0.4) is 0 Å². The minimum absolute atomic E-state index is 0.0174. The van der Waals surface area contributed by atoms with Gasteiger partial charge in [-0.05, 0) is 13.0 Å². The molecule has 1 fully saturated rings. The van der Waals surface area contributed by atoms with E-state index in [0.29, 0.717) is 32.1 Å². The van der Waals surface area contributed by atoms with E-state index in [9.17, 15) is 13.2 Å². The van der Waals surface area contributed by atoms with Gasteiger partial charge >= 0.3 is 0 Å². The fourth-order valence-electron chi connectivity index (χ4n) is 1.75. The molecule has 0 spiro atoms. The van der Waals surface area contributed by atoms with Crippen LogP contribution in [-0.2, 0) is 14.8 Å². The lowest BCUT2D eigenvalue weighted by Crippen LogP contribution is -2.51. The Hall–Kier alpha value is -0.660. The molecule has 1 aliphatic rings. The Labute approximate surface area is 109 Å². The summed E-state index contributed by atoms with van der Waals surface area (Å²) in [6, 6.07) is 0.359. The van der Waals surface area contributed by atoms with Gasteiger partial charge < -0.3 is 10.2 Å². The number of piperazine rings is 1. The summed E-state index contributed by atoms with van der Waals surface area (Å²) in [6.07, 6.45) is 0.570. The Balaban J connectivity index is 2.41. The third kappa shape index (κ3) is 4.55. The topological polar surface area (TPSA) is 69.7 Å². The molecule has 0 unspecified atom stereocenters. The van der Waals surface area contributed by atoms with Crippen LogP contribution in [0.1, 0.15) is 20.3 Å². The van der Waals surface area contributed by atoms with Crippen LogP contribution >= 0.6 is 0 Å². The van der Waals surface area contributed by atoms with E-state index in [1.54, 1.807) is 11.9 Å². The summed E-state index contributed by atoms with van der Waals surface area (Å²) in [4.78, 5) is 13.0. The summed E-state index contributed by atoms with van der Waals surface area (Å²) in [5.41, 5.74) is 0. The van der Waals surface area contributed by atoms with Gasteiger partial charge in [-0.15, -0.1) is 0 Å². The standard InChI is InChI=1S/C11H23N3O3S/c1-10(2)12-5-4-8-18(16,17)14-7-6-13(3)11(15)9-14/h10,12H,4-9H2,1-3H3. The summed E-state index contributed by atoms with van der Waals surface area (Å²) >= 11 is 0. The Morgan fingerprint density at radius 3 is 2.56 bits per heavy atom. The maximum atomic E-state index is 12.0. The van der Waals surface area contributed by atoms with Crippen molar-refractivity contribution in [1.29, 1.82) is 0 Å². The highest BCUT2D eigenvalue weighted by Gasteiger charge is 2.29. The summed E-state index contributed by atoms with van der Waals surface area (Å²) in [5, 5.41) is 3.18. The van der Waals surface area contributed by atoms with Gasteiger partial charge in [0.1, 0.15) is 0 Å². The molecule has 0 aromatic heterocycles. The van der Waals surface area contributed by atoms with E-state index in [0.717, 1.165) is 0 Å². The zero-order chi connectivity index (χ0) is 13.8. The normalized spacial score (nSPS) is 18.7. The van der Waals surface area contributed by atoms with Gasteiger partial charge in [0.15, 0.2) is 0 Å². The van der Waals surface area contributed by atoms with Gasteiger partial charge in [-0.25, -0.2) is 8.42 Å². The number of nitrogens with zero attached hydrogens (tertiary/aromatic N) is 2. The van der Waals surface area contributed by atoms with E-state index in [2.05, 4.69) is 5.32 Å². The van der Waals surface area contributed by atoms with Gasteiger partial charge in [0.25, 0.3) is 0 Å². The number of rotatable bonds is 6. The maximum absolute atomic E-state index is 12.0. The van der Waals surface area contributed by atoms with Crippen LogP contribution < -0.4 is 5.32 Å². The van der Waals surface area contributed by atoms with Crippen molar-refractivity contribution in [1.82, 2.24) is 14.5 Å². The van der Waals surface area contributed by atoms with Crippen molar-refractivity contribution in [2.24, 2.45) is 0 Å². The molecule has 0 aliphatic carbocycles. The van der Waals surface area contributed by atoms with Crippen molar-refractivity contribution in [3.63, 3.8) is 0 Å². The largest absolute Gasteiger partial charge is 0.343 e. The maximum Gasteiger partial charge on any atom is 0.237 e. The molecule has 0 aromatic rings. The van der Waals surface area contributed by atoms with Gasteiger partial charge in [0.2, 0.25) is 15.9 Å². The fourth-order valence-corrected chi connectivity index (χ4v) is 3.18. The molecule has 1 amide bonds. The summed E-state index contributed by atoms with van der Waals surface area (Å²) < 4.78 is 25.3. The van der Waals surface area contributed by atoms with Crippen molar-refractivity contribution in [3.8, 4) is 0 Å². The van der Waals surface area contributed by atoms with Crippen LogP contribution in [0.2, 0.25) is 0 Å². The molecular weight excluding hydrogens is 254 g/mol. The first-order valence-electron chi connectivity index (χ1n) is 6.28.